The van der Waals surface area contributed by atoms with E-state index in [-0.39, 0.29) is 10.9 Å². The van der Waals surface area contributed by atoms with Crippen molar-refractivity contribution in [3.63, 3.8) is 0 Å². The number of aromatic nitrogens is 1. The Kier molecular flexibility index (Phi) is 5.76. The smallest absolute Gasteiger partial charge is 0.322 e. The maximum absolute atomic E-state index is 12.7. The normalized spacial score (nSPS) is 18.0. The molecule has 0 atom stereocenters. The molecule has 0 unspecified atom stereocenters. The number of nitrogens with zero attached hydrogens (tertiary/aromatic N) is 4. The standard InChI is InChI=1S/C19H24N6O3S2/c1-24-8-3-6-17(24)23-30(27,28)14-5-2-4-13(10-14)21-19(26)25-9-7-16-15(12-25)22-18(11-20)29-16/h2,4-5,10H,3,6-9,11-12,20H2,1H3,(H,21,26)/b23-17+. The molecule has 2 aromatic rings. The molecule has 160 valence electrons. The molecule has 2 aliphatic rings. The van der Waals surface area contributed by atoms with Crippen molar-refractivity contribution in [1.82, 2.24) is 14.8 Å². The molecule has 0 aliphatic carbocycles. The first-order chi connectivity index (χ1) is 14.4. The molecule has 1 aromatic carbocycles. The monoisotopic (exact) mass is 448 g/mol. The van der Waals surface area contributed by atoms with E-state index in [9.17, 15) is 13.2 Å². The number of hydrogen-bond acceptors (Lipinski definition) is 6. The van der Waals surface area contributed by atoms with E-state index >= 15 is 0 Å². The van der Waals surface area contributed by atoms with Gasteiger partial charge in [0, 0.05) is 50.1 Å². The fourth-order valence-corrected chi connectivity index (χ4v) is 5.64. The maximum atomic E-state index is 12.7. The van der Waals surface area contributed by atoms with Crippen LogP contribution in [-0.4, -0.2) is 55.2 Å². The third-order valence-corrected chi connectivity index (χ3v) is 7.66. The van der Waals surface area contributed by atoms with Crippen molar-refractivity contribution in [2.24, 2.45) is 10.1 Å². The SMILES string of the molecule is CN1CCC/C1=N\S(=O)(=O)c1cccc(NC(=O)N2CCc3sc(CN)nc3C2)c1. The van der Waals surface area contributed by atoms with Crippen molar-refractivity contribution in [2.45, 2.75) is 37.2 Å². The summed E-state index contributed by atoms with van der Waals surface area (Å²) in [6, 6.07) is 5.90. The second-order valence-corrected chi connectivity index (χ2v) is 10.1. The van der Waals surface area contributed by atoms with E-state index < -0.39 is 10.0 Å². The summed E-state index contributed by atoms with van der Waals surface area (Å²) in [5, 5.41) is 3.66. The Morgan fingerprint density at radius 2 is 2.17 bits per heavy atom. The number of thiazole rings is 1. The van der Waals surface area contributed by atoms with Gasteiger partial charge in [-0.05, 0) is 24.6 Å². The van der Waals surface area contributed by atoms with E-state index in [4.69, 9.17) is 5.73 Å². The Hall–Kier alpha value is -2.50. The van der Waals surface area contributed by atoms with E-state index in [1.807, 2.05) is 11.9 Å². The van der Waals surface area contributed by atoms with Crippen LogP contribution in [0.2, 0.25) is 0 Å². The zero-order valence-electron chi connectivity index (χ0n) is 16.7. The molecule has 1 saturated heterocycles. The van der Waals surface area contributed by atoms with Gasteiger partial charge in [-0.1, -0.05) is 6.07 Å². The zero-order chi connectivity index (χ0) is 21.3. The minimum Gasteiger partial charge on any atom is -0.362 e. The van der Waals surface area contributed by atoms with Gasteiger partial charge in [0.2, 0.25) is 0 Å². The average molecular weight is 449 g/mol. The Morgan fingerprint density at radius 1 is 1.33 bits per heavy atom. The van der Waals surface area contributed by atoms with Gasteiger partial charge < -0.3 is 20.9 Å². The molecule has 1 fully saturated rings. The molecular formula is C19H24N6O3S2. The lowest BCUT2D eigenvalue weighted by molar-refractivity contribution is 0.206. The summed E-state index contributed by atoms with van der Waals surface area (Å²) in [7, 11) is -2.00. The van der Waals surface area contributed by atoms with E-state index in [2.05, 4.69) is 14.7 Å². The van der Waals surface area contributed by atoms with Crippen LogP contribution < -0.4 is 11.1 Å². The summed E-state index contributed by atoms with van der Waals surface area (Å²) < 4.78 is 29.4. The van der Waals surface area contributed by atoms with Gasteiger partial charge in [0.05, 0.1) is 17.1 Å². The minimum atomic E-state index is -3.84. The lowest BCUT2D eigenvalue weighted by Crippen LogP contribution is -2.38. The van der Waals surface area contributed by atoms with Crippen molar-refractivity contribution in [3.8, 4) is 0 Å². The highest BCUT2D eigenvalue weighted by atomic mass is 32.2. The zero-order valence-corrected chi connectivity index (χ0v) is 18.3. The van der Waals surface area contributed by atoms with Crippen LogP contribution in [0.1, 0.15) is 28.4 Å². The number of amidine groups is 1. The van der Waals surface area contributed by atoms with Gasteiger partial charge in [0.25, 0.3) is 10.0 Å². The van der Waals surface area contributed by atoms with Crippen LogP contribution in [0.5, 0.6) is 0 Å². The fraction of sp³-hybridized carbons (Fsp3) is 0.421. The van der Waals surface area contributed by atoms with Crippen LogP contribution in [0.15, 0.2) is 33.6 Å². The Labute approximate surface area is 179 Å². The first kappa shape index (κ1) is 20.8. The van der Waals surface area contributed by atoms with Crippen LogP contribution in [-0.2, 0) is 29.5 Å². The van der Waals surface area contributed by atoms with Crippen LogP contribution in [0, 0.1) is 0 Å². The van der Waals surface area contributed by atoms with E-state index in [0.29, 0.717) is 37.6 Å². The van der Waals surface area contributed by atoms with Gasteiger partial charge in [0.15, 0.2) is 0 Å². The Morgan fingerprint density at radius 3 is 2.90 bits per heavy atom. The lowest BCUT2D eigenvalue weighted by Gasteiger charge is -2.26. The minimum absolute atomic E-state index is 0.0566. The van der Waals surface area contributed by atoms with Crippen molar-refractivity contribution < 1.29 is 13.2 Å². The molecule has 4 rings (SSSR count). The third kappa shape index (κ3) is 4.32. The molecule has 1 aromatic heterocycles. The molecule has 0 spiro atoms. The first-order valence-corrected chi connectivity index (χ1v) is 12.0. The summed E-state index contributed by atoms with van der Waals surface area (Å²) in [5.41, 5.74) is 6.95. The number of likely N-dealkylation sites (tertiary alicyclic amines) is 1. The number of nitrogens with two attached hydrogens (primary N) is 1. The third-order valence-electron chi connectivity index (χ3n) is 5.18. The average Bonchev–Trinajstić information content (AvgIpc) is 3.33. The van der Waals surface area contributed by atoms with Crippen molar-refractivity contribution in [3.05, 3.63) is 39.8 Å². The van der Waals surface area contributed by atoms with Gasteiger partial charge >= 0.3 is 6.03 Å². The quantitative estimate of drug-likeness (QED) is 0.738. The molecule has 0 saturated carbocycles. The maximum Gasteiger partial charge on any atom is 0.322 e. The number of nitrogens with one attached hydrogen (secondary N) is 1. The molecular weight excluding hydrogens is 424 g/mol. The number of carbonyl (C=O) groups is 1. The van der Waals surface area contributed by atoms with Crippen LogP contribution in [0.3, 0.4) is 0 Å². The fourth-order valence-electron chi connectivity index (χ4n) is 3.55. The molecule has 2 amide bonds. The molecule has 3 N–H and O–H groups in total. The van der Waals surface area contributed by atoms with Crippen LogP contribution >= 0.6 is 11.3 Å². The molecule has 0 bridgehead atoms. The van der Waals surface area contributed by atoms with Crippen molar-refractivity contribution in [1.29, 1.82) is 0 Å². The highest BCUT2D eigenvalue weighted by Crippen LogP contribution is 2.26. The Bertz CT molecular complexity index is 1100. The summed E-state index contributed by atoms with van der Waals surface area (Å²) in [6.45, 7) is 2.18. The number of carbonyl (C=O) groups excluding carboxylic acids is 1. The van der Waals surface area contributed by atoms with Gasteiger partial charge in [-0.2, -0.15) is 8.42 Å². The number of fused-ring (bicyclic) bond motifs is 1. The van der Waals surface area contributed by atoms with Gasteiger partial charge in [-0.25, -0.2) is 9.78 Å². The predicted molar refractivity (Wildman–Crippen MR) is 116 cm³/mol. The molecule has 30 heavy (non-hydrogen) atoms. The molecule has 11 heteroatoms. The van der Waals surface area contributed by atoms with E-state index in [1.165, 1.54) is 17.0 Å². The predicted octanol–water partition coefficient (Wildman–Crippen LogP) is 2.00. The van der Waals surface area contributed by atoms with E-state index in [1.54, 1.807) is 28.4 Å². The van der Waals surface area contributed by atoms with Gasteiger partial charge in [-0.3, -0.25) is 0 Å². The first-order valence-electron chi connectivity index (χ1n) is 9.74. The number of rotatable bonds is 4. The van der Waals surface area contributed by atoms with Crippen molar-refractivity contribution in [2.75, 3.05) is 25.5 Å². The van der Waals surface area contributed by atoms with Crippen LogP contribution in [0.4, 0.5) is 10.5 Å². The number of sulfonamides is 1. The Balaban J connectivity index is 1.47. The number of anilines is 1. The largest absolute Gasteiger partial charge is 0.362 e. The van der Waals surface area contributed by atoms with Crippen LogP contribution in [0.25, 0.3) is 0 Å². The number of benzene rings is 1. The summed E-state index contributed by atoms with van der Waals surface area (Å²) in [4.78, 5) is 21.9. The summed E-state index contributed by atoms with van der Waals surface area (Å²) >= 11 is 1.59. The summed E-state index contributed by atoms with van der Waals surface area (Å²) in [5.74, 6) is 0.564. The molecule has 3 heterocycles. The number of hydrogen-bond donors (Lipinski definition) is 2. The second kappa shape index (κ2) is 8.32. The summed E-state index contributed by atoms with van der Waals surface area (Å²) in [6.07, 6.45) is 2.27. The second-order valence-electron chi connectivity index (χ2n) is 7.32. The highest BCUT2D eigenvalue weighted by Gasteiger charge is 2.25. The molecule has 0 radical (unpaired) electrons. The lowest BCUT2D eigenvalue weighted by atomic mass is 10.2. The van der Waals surface area contributed by atoms with Gasteiger partial charge in [-0.15, -0.1) is 15.7 Å². The van der Waals surface area contributed by atoms with Crippen molar-refractivity contribution >= 4 is 38.9 Å². The topological polar surface area (TPSA) is 121 Å². The van der Waals surface area contributed by atoms with E-state index in [0.717, 1.165) is 30.1 Å². The van der Waals surface area contributed by atoms with Gasteiger partial charge in [0.1, 0.15) is 10.8 Å². The molecule has 2 aliphatic heterocycles. The number of amides is 2. The molecule has 9 nitrogen and oxygen atoms in total. The highest BCUT2D eigenvalue weighted by molar-refractivity contribution is 7.90. The number of urea groups is 1.